The standard InChI is InChI=1S/C22H31NO/c1-15(2)16(3)17-7-12-21(24)18(13-17)14-23-20-10-8-19(9-11-20)22(4,5)6/h7-13,15-16,23-24H,14H2,1-6H3. The highest BCUT2D eigenvalue weighted by Crippen LogP contribution is 2.29. The molecular weight excluding hydrogens is 294 g/mol. The van der Waals surface area contributed by atoms with Gasteiger partial charge in [0.25, 0.3) is 0 Å². The first-order chi connectivity index (χ1) is 11.2. The van der Waals surface area contributed by atoms with E-state index in [1.165, 1.54) is 11.1 Å². The van der Waals surface area contributed by atoms with Gasteiger partial charge in [0.1, 0.15) is 5.75 Å². The quantitative estimate of drug-likeness (QED) is 0.700. The van der Waals surface area contributed by atoms with Gasteiger partial charge in [-0.05, 0) is 46.6 Å². The highest BCUT2D eigenvalue weighted by atomic mass is 16.3. The molecule has 0 saturated carbocycles. The van der Waals surface area contributed by atoms with Gasteiger partial charge in [0.15, 0.2) is 0 Å². The van der Waals surface area contributed by atoms with Gasteiger partial charge < -0.3 is 10.4 Å². The normalized spacial score (nSPS) is 13.1. The molecular formula is C22H31NO. The van der Waals surface area contributed by atoms with Crippen molar-refractivity contribution in [3.8, 4) is 5.75 Å². The fraction of sp³-hybridized carbons (Fsp3) is 0.455. The topological polar surface area (TPSA) is 32.3 Å². The average Bonchev–Trinajstić information content (AvgIpc) is 2.53. The van der Waals surface area contributed by atoms with E-state index in [1.54, 1.807) is 0 Å². The Balaban J connectivity index is 2.10. The number of benzene rings is 2. The largest absolute Gasteiger partial charge is 0.508 e. The van der Waals surface area contributed by atoms with Gasteiger partial charge in [0.05, 0.1) is 0 Å². The molecule has 2 nitrogen and oxygen atoms in total. The molecule has 0 fully saturated rings. The van der Waals surface area contributed by atoms with Crippen LogP contribution in [-0.4, -0.2) is 5.11 Å². The van der Waals surface area contributed by atoms with Gasteiger partial charge in [-0.1, -0.05) is 65.8 Å². The molecule has 0 spiro atoms. The first kappa shape index (κ1) is 18.4. The second-order valence-electron chi connectivity index (χ2n) is 8.10. The van der Waals surface area contributed by atoms with E-state index in [4.69, 9.17) is 0 Å². The zero-order valence-electron chi connectivity index (χ0n) is 15.9. The lowest BCUT2D eigenvalue weighted by molar-refractivity contribution is 0.467. The van der Waals surface area contributed by atoms with Crippen molar-refractivity contribution >= 4 is 5.69 Å². The molecule has 1 atom stereocenters. The van der Waals surface area contributed by atoms with Crippen molar-refractivity contribution in [3.63, 3.8) is 0 Å². The zero-order chi connectivity index (χ0) is 17.9. The molecule has 1 unspecified atom stereocenters. The Kier molecular flexibility index (Phi) is 5.58. The number of phenolic OH excluding ortho intramolecular Hbond substituents is 1. The Morgan fingerprint density at radius 2 is 1.58 bits per heavy atom. The van der Waals surface area contributed by atoms with Gasteiger partial charge in [0.2, 0.25) is 0 Å². The molecule has 2 rings (SSSR count). The molecule has 0 saturated heterocycles. The molecule has 2 N–H and O–H groups in total. The van der Waals surface area contributed by atoms with E-state index >= 15 is 0 Å². The van der Waals surface area contributed by atoms with E-state index in [0.717, 1.165) is 11.3 Å². The highest BCUT2D eigenvalue weighted by molar-refractivity contribution is 5.48. The van der Waals surface area contributed by atoms with Crippen LogP contribution >= 0.6 is 0 Å². The van der Waals surface area contributed by atoms with Crippen molar-refractivity contribution in [2.24, 2.45) is 5.92 Å². The lowest BCUT2D eigenvalue weighted by atomic mass is 9.87. The van der Waals surface area contributed by atoms with E-state index in [9.17, 15) is 5.11 Å². The molecule has 24 heavy (non-hydrogen) atoms. The SMILES string of the molecule is CC(C)C(C)c1ccc(O)c(CNc2ccc(C(C)(C)C)cc2)c1. The maximum absolute atomic E-state index is 10.1. The molecule has 2 heteroatoms. The Hall–Kier alpha value is -1.96. The minimum Gasteiger partial charge on any atom is -0.508 e. The highest BCUT2D eigenvalue weighted by Gasteiger charge is 2.14. The summed E-state index contributed by atoms with van der Waals surface area (Å²) < 4.78 is 0. The van der Waals surface area contributed by atoms with Crippen molar-refractivity contribution in [3.05, 3.63) is 59.2 Å². The van der Waals surface area contributed by atoms with Crippen LogP contribution in [0.1, 0.15) is 64.2 Å². The van der Waals surface area contributed by atoms with Gasteiger partial charge in [0, 0.05) is 17.8 Å². The predicted molar refractivity (Wildman–Crippen MR) is 104 cm³/mol. The fourth-order valence-electron chi connectivity index (χ4n) is 2.70. The molecule has 2 aromatic carbocycles. The van der Waals surface area contributed by atoms with Crippen LogP contribution in [0.2, 0.25) is 0 Å². The number of anilines is 1. The third kappa shape index (κ3) is 4.53. The Morgan fingerprint density at radius 1 is 0.958 bits per heavy atom. The van der Waals surface area contributed by atoms with Gasteiger partial charge in [-0.25, -0.2) is 0 Å². The zero-order valence-corrected chi connectivity index (χ0v) is 15.9. The van der Waals surface area contributed by atoms with E-state index in [1.807, 2.05) is 12.1 Å². The van der Waals surface area contributed by atoms with Crippen molar-refractivity contribution in [1.82, 2.24) is 0 Å². The van der Waals surface area contributed by atoms with Gasteiger partial charge >= 0.3 is 0 Å². The van der Waals surface area contributed by atoms with Crippen molar-refractivity contribution in [1.29, 1.82) is 0 Å². The van der Waals surface area contributed by atoms with Crippen molar-refractivity contribution in [2.75, 3.05) is 5.32 Å². The summed E-state index contributed by atoms with van der Waals surface area (Å²) >= 11 is 0. The number of phenols is 1. The van der Waals surface area contributed by atoms with Crippen LogP contribution in [0.15, 0.2) is 42.5 Å². The van der Waals surface area contributed by atoms with Crippen LogP contribution in [0.4, 0.5) is 5.69 Å². The summed E-state index contributed by atoms with van der Waals surface area (Å²) in [5.74, 6) is 1.42. The van der Waals surface area contributed by atoms with Gasteiger partial charge in [-0.2, -0.15) is 0 Å². The van der Waals surface area contributed by atoms with Crippen LogP contribution < -0.4 is 5.32 Å². The van der Waals surface area contributed by atoms with Gasteiger partial charge in [-0.15, -0.1) is 0 Å². The van der Waals surface area contributed by atoms with Crippen molar-refractivity contribution < 1.29 is 5.11 Å². The van der Waals surface area contributed by atoms with Crippen LogP contribution in [0.25, 0.3) is 0 Å². The minimum atomic E-state index is 0.165. The molecule has 0 aromatic heterocycles. The summed E-state index contributed by atoms with van der Waals surface area (Å²) in [5, 5.41) is 13.6. The lowest BCUT2D eigenvalue weighted by Gasteiger charge is -2.20. The van der Waals surface area contributed by atoms with Crippen LogP contribution in [0.3, 0.4) is 0 Å². The first-order valence-corrected chi connectivity index (χ1v) is 8.84. The molecule has 0 aliphatic carbocycles. The Bertz CT molecular complexity index is 665. The Morgan fingerprint density at radius 3 is 2.12 bits per heavy atom. The molecule has 0 aliphatic rings. The first-order valence-electron chi connectivity index (χ1n) is 8.84. The fourth-order valence-corrected chi connectivity index (χ4v) is 2.70. The second kappa shape index (κ2) is 7.29. The molecule has 0 aliphatic heterocycles. The maximum atomic E-state index is 10.1. The molecule has 0 bridgehead atoms. The van der Waals surface area contributed by atoms with E-state index < -0.39 is 0 Å². The maximum Gasteiger partial charge on any atom is 0.120 e. The van der Waals surface area contributed by atoms with Gasteiger partial charge in [-0.3, -0.25) is 0 Å². The van der Waals surface area contributed by atoms with Crippen molar-refractivity contribution in [2.45, 2.75) is 59.4 Å². The second-order valence-corrected chi connectivity index (χ2v) is 8.10. The smallest absolute Gasteiger partial charge is 0.120 e. The summed E-state index contributed by atoms with van der Waals surface area (Å²) in [4.78, 5) is 0. The van der Waals surface area contributed by atoms with E-state index in [-0.39, 0.29) is 5.41 Å². The summed E-state index contributed by atoms with van der Waals surface area (Å²) in [6.07, 6.45) is 0. The molecule has 130 valence electrons. The average molecular weight is 325 g/mol. The number of hydrogen-bond donors (Lipinski definition) is 2. The summed E-state index contributed by atoms with van der Waals surface area (Å²) in [6.45, 7) is 14.0. The number of rotatable bonds is 5. The number of hydrogen-bond acceptors (Lipinski definition) is 2. The summed E-state index contributed by atoms with van der Waals surface area (Å²) in [7, 11) is 0. The summed E-state index contributed by atoms with van der Waals surface area (Å²) in [6, 6.07) is 14.5. The predicted octanol–water partition coefficient (Wildman–Crippen LogP) is 6.06. The monoisotopic (exact) mass is 325 g/mol. The van der Waals surface area contributed by atoms with Crippen LogP contribution in [0.5, 0.6) is 5.75 Å². The molecule has 0 amide bonds. The number of nitrogens with one attached hydrogen (secondary N) is 1. The number of aromatic hydroxyl groups is 1. The van der Waals surface area contributed by atoms with E-state index in [2.05, 4.69) is 77.2 Å². The molecule has 0 heterocycles. The van der Waals surface area contributed by atoms with Crippen LogP contribution in [-0.2, 0) is 12.0 Å². The third-order valence-corrected chi connectivity index (χ3v) is 4.86. The summed E-state index contributed by atoms with van der Waals surface area (Å²) in [5.41, 5.74) is 4.79. The molecule has 2 aromatic rings. The van der Waals surface area contributed by atoms with Crippen LogP contribution in [0, 0.1) is 5.92 Å². The molecule has 0 radical (unpaired) electrons. The lowest BCUT2D eigenvalue weighted by Crippen LogP contribution is -2.10. The third-order valence-electron chi connectivity index (χ3n) is 4.86. The minimum absolute atomic E-state index is 0.165. The van der Waals surface area contributed by atoms with E-state index in [0.29, 0.717) is 24.1 Å². The Labute approximate surface area is 146 Å².